The molecule has 0 aliphatic heterocycles. The summed E-state index contributed by atoms with van der Waals surface area (Å²) in [5, 5.41) is 0. The van der Waals surface area contributed by atoms with E-state index >= 15 is 0 Å². The third-order valence-corrected chi connectivity index (χ3v) is 4.22. The Morgan fingerprint density at radius 2 is 1.95 bits per heavy atom. The van der Waals surface area contributed by atoms with Gasteiger partial charge in [-0.1, -0.05) is 29.3 Å². The van der Waals surface area contributed by atoms with Crippen LogP contribution in [0.3, 0.4) is 0 Å². The summed E-state index contributed by atoms with van der Waals surface area (Å²) in [4.78, 5) is 9.01. The van der Waals surface area contributed by atoms with Crippen molar-refractivity contribution in [3.8, 4) is 11.4 Å². The van der Waals surface area contributed by atoms with Crippen molar-refractivity contribution in [1.29, 1.82) is 0 Å². The molecular weight excluding hydrogens is 370 g/mol. The molecule has 0 unspecified atom stereocenters. The van der Waals surface area contributed by atoms with E-state index < -0.39 is 0 Å². The van der Waals surface area contributed by atoms with Gasteiger partial charge in [-0.2, -0.15) is 0 Å². The molecule has 0 saturated carbocycles. The molecule has 0 fully saturated rings. The molecular formula is C14H15Br2N3. The molecule has 0 aliphatic rings. The summed E-state index contributed by atoms with van der Waals surface area (Å²) < 4.78 is 1.86. The molecule has 1 heterocycles. The average Bonchev–Trinajstić information content (AvgIpc) is 2.35. The standard InChI is InChI=1S/C14H15Br2N3/c1-3-4-11-12(16)13(17)19-14(18-11)10-6-5-9(15)7-8(10)2/h5-7H,3-4H2,1-2H3,(H2,17,18,19). The molecule has 100 valence electrons. The number of hydrogen-bond donors (Lipinski definition) is 1. The molecule has 0 amide bonds. The molecule has 0 bridgehead atoms. The number of nitrogens with zero attached hydrogens (tertiary/aromatic N) is 2. The van der Waals surface area contributed by atoms with Gasteiger partial charge >= 0.3 is 0 Å². The van der Waals surface area contributed by atoms with Crippen molar-refractivity contribution in [2.24, 2.45) is 0 Å². The highest BCUT2D eigenvalue weighted by Crippen LogP contribution is 2.28. The van der Waals surface area contributed by atoms with Crippen LogP contribution < -0.4 is 5.73 Å². The van der Waals surface area contributed by atoms with Gasteiger partial charge in [0.2, 0.25) is 0 Å². The van der Waals surface area contributed by atoms with Gasteiger partial charge in [0.15, 0.2) is 5.82 Å². The minimum atomic E-state index is 0.496. The second-order valence-electron chi connectivity index (χ2n) is 4.40. The summed E-state index contributed by atoms with van der Waals surface area (Å²) in [5.41, 5.74) is 9.06. The minimum Gasteiger partial charge on any atom is -0.383 e. The Kier molecular flexibility index (Phi) is 4.58. The van der Waals surface area contributed by atoms with Gasteiger partial charge in [0.25, 0.3) is 0 Å². The summed E-state index contributed by atoms with van der Waals surface area (Å²) in [5.74, 6) is 1.19. The Bertz CT molecular complexity index is 612. The first-order valence-electron chi connectivity index (χ1n) is 6.11. The van der Waals surface area contributed by atoms with Crippen molar-refractivity contribution in [2.45, 2.75) is 26.7 Å². The first-order chi connectivity index (χ1) is 9.02. The second kappa shape index (κ2) is 6.01. The molecule has 0 aliphatic carbocycles. The van der Waals surface area contributed by atoms with E-state index in [0.717, 1.165) is 38.6 Å². The van der Waals surface area contributed by atoms with Crippen LogP contribution >= 0.6 is 31.9 Å². The topological polar surface area (TPSA) is 51.8 Å². The molecule has 2 N–H and O–H groups in total. The van der Waals surface area contributed by atoms with E-state index in [9.17, 15) is 0 Å². The Hall–Kier alpha value is -0.940. The van der Waals surface area contributed by atoms with Crippen LogP contribution in [0.25, 0.3) is 11.4 Å². The Morgan fingerprint density at radius 3 is 2.58 bits per heavy atom. The van der Waals surface area contributed by atoms with Crippen LogP contribution in [-0.4, -0.2) is 9.97 Å². The summed E-state index contributed by atoms with van der Waals surface area (Å²) in [7, 11) is 0. The fourth-order valence-corrected chi connectivity index (χ4v) is 2.76. The van der Waals surface area contributed by atoms with E-state index in [4.69, 9.17) is 5.73 Å². The van der Waals surface area contributed by atoms with Gasteiger partial charge in [0, 0.05) is 10.0 Å². The predicted octanol–water partition coefficient (Wildman–Crippen LogP) is 4.51. The van der Waals surface area contributed by atoms with Crippen LogP contribution in [-0.2, 0) is 6.42 Å². The lowest BCUT2D eigenvalue weighted by Crippen LogP contribution is -2.03. The number of hydrogen-bond acceptors (Lipinski definition) is 3. The lowest BCUT2D eigenvalue weighted by atomic mass is 10.1. The third kappa shape index (κ3) is 3.15. The zero-order chi connectivity index (χ0) is 14.0. The van der Waals surface area contributed by atoms with Crippen molar-refractivity contribution in [3.63, 3.8) is 0 Å². The Balaban J connectivity index is 2.56. The summed E-state index contributed by atoms with van der Waals surface area (Å²) in [6, 6.07) is 6.05. The van der Waals surface area contributed by atoms with E-state index in [1.807, 2.05) is 19.1 Å². The van der Waals surface area contributed by atoms with Crippen LogP contribution in [0.5, 0.6) is 0 Å². The van der Waals surface area contributed by atoms with Gasteiger partial charge in [-0.05, 0) is 53.0 Å². The van der Waals surface area contributed by atoms with Gasteiger partial charge in [0.1, 0.15) is 5.82 Å². The average molecular weight is 385 g/mol. The third-order valence-electron chi connectivity index (χ3n) is 2.86. The number of rotatable bonds is 3. The molecule has 0 radical (unpaired) electrons. The van der Waals surface area contributed by atoms with Crippen LogP contribution in [0.1, 0.15) is 24.6 Å². The zero-order valence-corrected chi connectivity index (χ0v) is 14.0. The van der Waals surface area contributed by atoms with Crippen LogP contribution in [0.4, 0.5) is 5.82 Å². The largest absolute Gasteiger partial charge is 0.383 e. The quantitative estimate of drug-likeness (QED) is 0.846. The smallest absolute Gasteiger partial charge is 0.162 e. The van der Waals surface area contributed by atoms with Crippen molar-refractivity contribution >= 4 is 37.7 Å². The number of halogens is 2. The van der Waals surface area contributed by atoms with Gasteiger partial charge in [0.05, 0.1) is 10.2 Å². The van der Waals surface area contributed by atoms with Gasteiger partial charge in [-0.3, -0.25) is 0 Å². The normalized spacial score (nSPS) is 10.7. The van der Waals surface area contributed by atoms with Gasteiger partial charge < -0.3 is 5.73 Å². The molecule has 19 heavy (non-hydrogen) atoms. The molecule has 5 heteroatoms. The van der Waals surface area contributed by atoms with Crippen molar-refractivity contribution in [1.82, 2.24) is 9.97 Å². The minimum absolute atomic E-state index is 0.496. The first-order valence-corrected chi connectivity index (χ1v) is 7.70. The second-order valence-corrected chi connectivity index (χ2v) is 6.11. The molecule has 2 aromatic rings. The number of aromatic nitrogens is 2. The number of nitrogens with two attached hydrogens (primary N) is 1. The molecule has 1 aromatic carbocycles. The summed E-state index contributed by atoms with van der Waals surface area (Å²) in [6.07, 6.45) is 1.91. The van der Waals surface area contributed by atoms with Crippen molar-refractivity contribution in [3.05, 3.63) is 38.4 Å². The fourth-order valence-electron chi connectivity index (χ4n) is 1.91. The number of nitrogen functional groups attached to an aromatic ring is 1. The van der Waals surface area contributed by atoms with Crippen LogP contribution in [0.2, 0.25) is 0 Å². The highest BCUT2D eigenvalue weighted by molar-refractivity contribution is 9.10. The number of aryl methyl sites for hydroxylation is 2. The van der Waals surface area contributed by atoms with Gasteiger partial charge in [-0.15, -0.1) is 0 Å². The molecule has 0 atom stereocenters. The van der Waals surface area contributed by atoms with E-state index in [2.05, 4.69) is 54.8 Å². The molecule has 0 saturated heterocycles. The SMILES string of the molecule is CCCc1nc(-c2ccc(Br)cc2C)nc(N)c1Br. The Labute approximate surface area is 129 Å². The first kappa shape index (κ1) is 14.5. The summed E-state index contributed by atoms with van der Waals surface area (Å²) >= 11 is 6.92. The van der Waals surface area contributed by atoms with E-state index in [0.29, 0.717) is 11.6 Å². The molecule has 2 rings (SSSR count). The van der Waals surface area contributed by atoms with E-state index in [-0.39, 0.29) is 0 Å². The maximum Gasteiger partial charge on any atom is 0.162 e. The molecule has 0 spiro atoms. The van der Waals surface area contributed by atoms with E-state index in [1.165, 1.54) is 0 Å². The monoisotopic (exact) mass is 383 g/mol. The number of benzene rings is 1. The maximum atomic E-state index is 5.96. The highest BCUT2D eigenvalue weighted by atomic mass is 79.9. The van der Waals surface area contributed by atoms with Crippen molar-refractivity contribution < 1.29 is 0 Å². The zero-order valence-electron chi connectivity index (χ0n) is 10.9. The lowest BCUT2D eigenvalue weighted by molar-refractivity contribution is 0.869. The molecule has 1 aromatic heterocycles. The van der Waals surface area contributed by atoms with Crippen LogP contribution in [0.15, 0.2) is 27.1 Å². The lowest BCUT2D eigenvalue weighted by Gasteiger charge is -2.10. The van der Waals surface area contributed by atoms with Crippen LogP contribution in [0, 0.1) is 6.92 Å². The summed E-state index contributed by atoms with van der Waals surface area (Å²) in [6.45, 7) is 4.16. The predicted molar refractivity (Wildman–Crippen MR) is 86.0 cm³/mol. The van der Waals surface area contributed by atoms with Crippen molar-refractivity contribution in [2.75, 3.05) is 5.73 Å². The van der Waals surface area contributed by atoms with Gasteiger partial charge in [-0.25, -0.2) is 9.97 Å². The fraction of sp³-hybridized carbons (Fsp3) is 0.286. The number of anilines is 1. The highest BCUT2D eigenvalue weighted by Gasteiger charge is 2.12. The molecule has 3 nitrogen and oxygen atoms in total. The van der Waals surface area contributed by atoms with E-state index in [1.54, 1.807) is 0 Å². The maximum absolute atomic E-state index is 5.96. The Morgan fingerprint density at radius 1 is 1.21 bits per heavy atom.